The third-order valence-corrected chi connectivity index (χ3v) is 4.13. The molecule has 0 aliphatic carbocycles. The molecule has 4 heteroatoms. The van der Waals surface area contributed by atoms with E-state index in [1.165, 1.54) is 25.0 Å². The lowest BCUT2D eigenvalue weighted by molar-refractivity contribution is -0.127. The Morgan fingerprint density at radius 3 is 2.82 bits per heavy atom. The zero-order valence-electron chi connectivity index (χ0n) is 11.2. The van der Waals surface area contributed by atoms with E-state index in [0.717, 1.165) is 32.4 Å². The van der Waals surface area contributed by atoms with E-state index in [1.54, 1.807) is 0 Å². The molecule has 0 aromatic rings. The minimum Gasteiger partial charge on any atom is -0.355 e. The van der Waals surface area contributed by atoms with E-state index < -0.39 is 0 Å². The molecule has 0 saturated carbocycles. The van der Waals surface area contributed by atoms with Crippen molar-refractivity contribution < 1.29 is 4.79 Å². The molecule has 1 aliphatic rings. The molecular formula is C13H26N2OS. The average Bonchev–Trinajstić information content (AvgIpc) is 2.34. The molecular weight excluding hydrogens is 232 g/mol. The highest BCUT2D eigenvalue weighted by Crippen LogP contribution is 2.18. The predicted molar refractivity (Wildman–Crippen MR) is 75.5 cm³/mol. The van der Waals surface area contributed by atoms with Crippen molar-refractivity contribution in [1.82, 2.24) is 10.6 Å². The fourth-order valence-corrected chi connectivity index (χ4v) is 2.69. The number of nitrogens with one attached hydrogen (secondary N) is 2. The normalized spacial score (nSPS) is 24.6. The molecule has 100 valence electrons. The Hall–Kier alpha value is -0.220. The third-order valence-electron chi connectivity index (χ3n) is 3.43. The van der Waals surface area contributed by atoms with Crippen LogP contribution in [-0.2, 0) is 4.79 Å². The third kappa shape index (κ3) is 5.30. The molecule has 1 fully saturated rings. The molecule has 1 heterocycles. The first-order valence-corrected chi connectivity index (χ1v) is 8.11. The highest BCUT2D eigenvalue weighted by molar-refractivity contribution is 7.98. The fourth-order valence-electron chi connectivity index (χ4n) is 2.20. The summed E-state index contributed by atoms with van der Waals surface area (Å²) in [5.74, 6) is 1.41. The van der Waals surface area contributed by atoms with Gasteiger partial charge in [0.25, 0.3) is 0 Å². The van der Waals surface area contributed by atoms with Gasteiger partial charge in [-0.2, -0.15) is 11.8 Å². The van der Waals surface area contributed by atoms with Gasteiger partial charge in [0.1, 0.15) is 0 Å². The summed E-state index contributed by atoms with van der Waals surface area (Å²) in [6.07, 6.45) is 9.02. The Bertz CT molecular complexity index is 227. The van der Waals surface area contributed by atoms with E-state index in [0.29, 0.717) is 0 Å². The van der Waals surface area contributed by atoms with E-state index in [4.69, 9.17) is 0 Å². The number of amides is 1. The van der Waals surface area contributed by atoms with Crippen LogP contribution in [0.4, 0.5) is 0 Å². The zero-order valence-corrected chi connectivity index (χ0v) is 12.0. The van der Waals surface area contributed by atoms with Gasteiger partial charge in [0, 0.05) is 6.54 Å². The lowest BCUT2D eigenvalue weighted by Gasteiger charge is -2.33. The van der Waals surface area contributed by atoms with Crippen LogP contribution in [0.5, 0.6) is 0 Å². The monoisotopic (exact) mass is 258 g/mol. The van der Waals surface area contributed by atoms with E-state index in [1.807, 2.05) is 18.7 Å². The van der Waals surface area contributed by atoms with E-state index in [9.17, 15) is 4.79 Å². The maximum absolute atomic E-state index is 12.0. The van der Waals surface area contributed by atoms with Crippen molar-refractivity contribution in [3.63, 3.8) is 0 Å². The second-order valence-electron chi connectivity index (χ2n) is 5.03. The van der Waals surface area contributed by atoms with Crippen LogP contribution >= 0.6 is 11.8 Å². The molecule has 17 heavy (non-hydrogen) atoms. The smallest absolute Gasteiger partial charge is 0.240 e. The summed E-state index contributed by atoms with van der Waals surface area (Å²) in [4.78, 5) is 12.0. The van der Waals surface area contributed by atoms with Crippen molar-refractivity contribution in [3.8, 4) is 0 Å². The average molecular weight is 258 g/mol. The van der Waals surface area contributed by atoms with E-state index >= 15 is 0 Å². The van der Waals surface area contributed by atoms with Crippen molar-refractivity contribution in [3.05, 3.63) is 0 Å². The van der Waals surface area contributed by atoms with Crippen molar-refractivity contribution in [1.29, 1.82) is 0 Å². The molecule has 0 aromatic heterocycles. The lowest BCUT2D eigenvalue weighted by atomic mass is 9.90. The summed E-state index contributed by atoms with van der Waals surface area (Å²) in [7, 11) is 0. The van der Waals surface area contributed by atoms with Crippen LogP contribution in [-0.4, -0.2) is 36.5 Å². The van der Waals surface area contributed by atoms with Crippen LogP contribution in [0.25, 0.3) is 0 Å². The van der Waals surface area contributed by atoms with Crippen molar-refractivity contribution in [2.45, 2.75) is 51.0 Å². The highest BCUT2D eigenvalue weighted by Gasteiger charge is 2.33. The minimum atomic E-state index is -0.322. The van der Waals surface area contributed by atoms with Gasteiger partial charge < -0.3 is 10.6 Å². The second kappa shape index (κ2) is 7.98. The zero-order chi connectivity index (χ0) is 12.6. The number of carbonyl (C=O) groups excluding carboxylic acids is 1. The molecule has 1 amide bonds. The van der Waals surface area contributed by atoms with Gasteiger partial charge in [-0.05, 0) is 57.6 Å². The molecule has 0 bridgehead atoms. The summed E-state index contributed by atoms with van der Waals surface area (Å²) >= 11 is 1.89. The fraction of sp³-hybridized carbons (Fsp3) is 0.923. The van der Waals surface area contributed by atoms with Crippen molar-refractivity contribution >= 4 is 17.7 Å². The molecule has 1 aliphatic heterocycles. The molecule has 1 saturated heterocycles. The Morgan fingerprint density at radius 1 is 1.35 bits per heavy atom. The number of unbranched alkanes of at least 4 members (excludes halogenated alkanes) is 2. The summed E-state index contributed by atoms with van der Waals surface area (Å²) in [6, 6.07) is 0. The Balaban J connectivity index is 2.11. The van der Waals surface area contributed by atoms with Gasteiger partial charge in [-0.1, -0.05) is 6.42 Å². The topological polar surface area (TPSA) is 41.1 Å². The van der Waals surface area contributed by atoms with Crippen molar-refractivity contribution in [2.75, 3.05) is 25.1 Å². The van der Waals surface area contributed by atoms with Gasteiger partial charge in [-0.25, -0.2) is 0 Å². The maximum Gasteiger partial charge on any atom is 0.240 e. The Labute approximate surface area is 109 Å². The quantitative estimate of drug-likeness (QED) is 0.688. The lowest BCUT2D eigenvalue weighted by Crippen LogP contribution is -2.57. The summed E-state index contributed by atoms with van der Waals surface area (Å²) < 4.78 is 0. The molecule has 1 unspecified atom stereocenters. The van der Waals surface area contributed by atoms with Gasteiger partial charge in [-0.3, -0.25) is 4.79 Å². The molecule has 1 rings (SSSR count). The van der Waals surface area contributed by atoms with Gasteiger partial charge in [0.2, 0.25) is 5.91 Å². The Kier molecular flexibility index (Phi) is 6.97. The van der Waals surface area contributed by atoms with Crippen LogP contribution < -0.4 is 10.6 Å². The van der Waals surface area contributed by atoms with Gasteiger partial charge >= 0.3 is 0 Å². The first kappa shape index (κ1) is 14.8. The minimum absolute atomic E-state index is 0.182. The standard InChI is InChI=1S/C13H26N2OS/c1-13(8-4-6-10-15-13)12(16)14-9-5-3-7-11-17-2/h15H,3-11H2,1-2H3,(H,14,16). The SMILES string of the molecule is CSCCCCCNC(=O)C1(C)CCCCN1. The summed E-state index contributed by atoms with van der Waals surface area (Å²) in [6.45, 7) is 3.82. The Morgan fingerprint density at radius 2 is 2.18 bits per heavy atom. The number of hydrogen-bond donors (Lipinski definition) is 2. The number of thioether (sulfide) groups is 1. The van der Waals surface area contributed by atoms with Crippen LogP contribution in [0.3, 0.4) is 0 Å². The van der Waals surface area contributed by atoms with Crippen LogP contribution in [0, 0.1) is 0 Å². The van der Waals surface area contributed by atoms with Crippen LogP contribution in [0.2, 0.25) is 0 Å². The van der Waals surface area contributed by atoms with Gasteiger partial charge in [0.05, 0.1) is 5.54 Å². The van der Waals surface area contributed by atoms with E-state index in [-0.39, 0.29) is 11.4 Å². The summed E-state index contributed by atoms with van der Waals surface area (Å²) in [5.41, 5.74) is -0.322. The highest BCUT2D eigenvalue weighted by atomic mass is 32.2. The molecule has 0 spiro atoms. The first-order valence-electron chi connectivity index (χ1n) is 6.71. The number of rotatable bonds is 7. The van der Waals surface area contributed by atoms with Gasteiger partial charge in [-0.15, -0.1) is 0 Å². The maximum atomic E-state index is 12.0. The molecule has 0 radical (unpaired) electrons. The second-order valence-corrected chi connectivity index (χ2v) is 6.01. The van der Waals surface area contributed by atoms with Gasteiger partial charge in [0.15, 0.2) is 0 Å². The molecule has 3 nitrogen and oxygen atoms in total. The van der Waals surface area contributed by atoms with Crippen molar-refractivity contribution in [2.24, 2.45) is 0 Å². The predicted octanol–water partition coefficient (Wildman–Crippen LogP) is 2.17. The largest absolute Gasteiger partial charge is 0.355 e. The number of hydrogen-bond acceptors (Lipinski definition) is 3. The number of carbonyl (C=O) groups is 1. The van der Waals surface area contributed by atoms with Crippen LogP contribution in [0.1, 0.15) is 45.4 Å². The molecule has 1 atom stereocenters. The first-order chi connectivity index (χ1) is 8.19. The molecule has 2 N–H and O–H groups in total. The van der Waals surface area contributed by atoms with Crippen LogP contribution in [0.15, 0.2) is 0 Å². The summed E-state index contributed by atoms with van der Waals surface area (Å²) in [5, 5.41) is 6.40. The van der Waals surface area contributed by atoms with E-state index in [2.05, 4.69) is 16.9 Å². The number of piperidine rings is 1. The molecule has 0 aromatic carbocycles.